The van der Waals surface area contributed by atoms with Gasteiger partial charge in [-0.2, -0.15) is 0 Å². The number of hydrogen-bond acceptors (Lipinski definition) is 0. The maximum absolute atomic E-state index is 2.54. The van der Waals surface area contributed by atoms with Crippen LogP contribution in [-0.4, -0.2) is 4.57 Å². The quantitative estimate of drug-likeness (QED) is 0.120. The van der Waals surface area contributed by atoms with Gasteiger partial charge in [0.05, 0.1) is 16.4 Å². The van der Waals surface area contributed by atoms with E-state index in [0.29, 0.717) is 0 Å². The van der Waals surface area contributed by atoms with Crippen LogP contribution in [0.3, 0.4) is 0 Å². The van der Waals surface area contributed by atoms with Gasteiger partial charge >= 0.3 is 0 Å². The number of aromatic nitrogens is 1. The lowest BCUT2D eigenvalue weighted by Gasteiger charge is -2.35. The molecule has 0 aliphatic heterocycles. The number of rotatable bonds is 5. The minimum atomic E-state index is -0.573. The van der Waals surface area contributed by atoms with Crippen LogP contribution in [0.15, 0.2) is 261 Å². The van der Waals surface area contributed by atoms with Gasteiger partial charge in [-0.3, -0.25) is 0 Å². The molecule has 0 atom stereocenters. The summed E-state index contributed by atoms with van der Waals surface area (Å²) in [7, 11) is 0. The monoisotopic (exact) mass is 885 g/mol. The number of hydrogen-bond donors (Lipinski definition) is 0. The Morgan fingerprint density at radius 1 is 0.271 bits per heavy atom. The predicted molar refractivity (Wildman–Crippen MR) is 296 cm³/mol. The van der Waals surface area contributed by atoms with Gasteiger partial charge in [0.25, 0.3) is 0 Å². The molecule has 1 nitrogen and oxygen atoms in total. The van der Waals surface area contributed by atoms with Crippen LogP contribution < -0.4 is 0 Å². The molecule has 14 aromatic rings. The first-order chi connectivity index (χ1) is 34.8. The van der Waals surface area contributed by atoms with Crippen LogP contribution >= 0.6 is 0 Å². The van der Waals surface area contributed by atoms with Crippen LogP contribution in [0, 0.1) is 0 Å². The Morgan fingerprint density at radius 3 is 1.31 bits per heavy atom. The van der Waals surface area contributed by atoms with Crippen LogP contribution in [-0.2, 0) is 5.41 Å². The van der Waals surface area contributed by atoms with E-state index < -0.39 is 5.41 Å². The Kier molecular flexibility index (Phi) is 8.35. The summed E-state index contributed by atoms with van der Waals surface area (Å²) in [6, 6.07) is 97.6. The molecule has 0 saturated heterocycles. The zero-order chi connectivity index (χ0) is 45.9. The molecular weight excluding hydrogens is 843 g/mol. The molecule has 0 spiro atoms. The van der Waals surface area contributed by atoms with Crippen molar-refractivity contribution >= 4 is 75.7 Å². The van der Waals surface area contributed by atoms with Crippen LogP contribution in [0.2, 0.25) is 0 Å². The summed E-state index contributed by atoms with van der Waals surface area (Å²) in [5.74, 6) is 0. The highest BCUT2D eigenvalue weighted by Gasteiger charge is 2.48. The van der Waals surface area contributed by atoms with E-state index >= 15 is 0 Å². The standard InChI is InChI=1S/C69H43N/c1-4-20-48(21-5-1)69(49-22-6-2-7-23-49)62-43-47-40-45(37-36-44(47)41-61(62)67-54-29-12-10-26-51(54)52-27-11-17-34-59(52)68(67)69)65-55-30-13-15-32-57(55)66(58-33-16-14-31-56(58)65)46-38-39-64-60(42-46)53-28-18-19-35-63(53)70(64)50-24-8-3-9-25-50/h1-43H. The van der Waals surface area contributed by atoms with E-state index in [1.807, 2.05) is 0 Å². The topological polar surface area (TPSA) is 4.93 Å². The maximum Gasteiger partial charge on any atom is 0.0720 e. The Morgan fingerprint density at radius 2 is 0.714 bits per heavy atom. The van der Waals surface area contributed by atoms with Gasteiger partial charge in [0, 0.05) is 16.5 Å². The fourth-order valence-corrected chi connectivity index (χ4v) is 12.8. The van der Waals surface area contributed by atoms with Gasteiger partial charge in [0.1, 0.15) is 0 Å². The Bertz CT molecular complexity index is 4350. The first kappa shape index (κ1) is 39.0. The van der Waals surface area contributed by atoms with E-state index in [2.05, 4.69) is 265 Å². The molecule has 13 aromatic carbocycles. The first-order valence-corrected chi connectivity index (χ1v) is 24.4. The van der Waals surface area contributed by atoms with Gasteiger partial charge in [0.2, 0.25) is 0 Å². The van der Waals surface area contributed by atoms with Crippen molar-refractivity contribution in [3.8, 4) is 39.1 Å². The minimum Gasteiger partial charge on any atom is -0.309 e. The molecule has 0 fully saturated rings. The summed E-state index contributed by atoms with van der Waals surface area (Å²) in [4.78, 5) is 0. The molecule has 70 heavy (non-hydrogen) atoms. The van der Waals surface area contributed by atoms with E-state index in [9.17, 15) is 0 Å². The first-order valence-electron chi connectivity index (χ1n) is 24.4. The van der Waals surface area contributed by atoms with Crippen molar-refractivity contribution in [2.75, 3.05) is 0 Å². The highest BCUT2D eigenvalue weighted by Crippen LogP contribution is 2.61. The highest BCUT2D eigenvalue weighted by atomic mass is 15.0. The van der Waals surface area contributed by atoms with Crippen LogP contribution in [0.4, 0.5) is 0 Å². The van der Waals surface area contributed by atoms with Gasteiger partial charge in [-0.05, 0) is 158 Å². The normalized spacial score (nSPS) is 13.0. The average Bonchev–Trinajstić information content (AvgIpc) is 3.93. The molecule has 0 bridgehead atoms. The summed E-state index contributed by atoms with van der Waals surface area (Å²) in [6.07, 6.45) is 0. The van der Waals surface area contributed by atoms with Gasteiger partial charge in [-0.25, -0.2) is 0 Å². The molecule has 0 unspecified atom stereocenters. The molecule has 1 heterocycles. The second kappa shape index (κ2) is 15.0. The second-order valence-electron chi connectivity index (χ2n) is 19.0. The molecule has 1 aliphatic carbocycles. The molecule has 1 aliphatic rings. The largest absolute Gasteiger partial charge is 0.309 e. The van der Waals surface area contributed by atoms with Gasteiger partial charge in [-0.1, -0.05) is 212 Å². The smallest absolute Gasteiger partial charge is 0.0720 e. The van der Waals surface area contributed by atoms with Crippen LogP contribution in [0.1, 0.15) is 22.3 Å². The number of fused-ring (bicyclic) bond motifs is 14. The summed E-state index contributed by atoms with van der Waals surface area (Å²) in [6.45, 7) is 0. The molecule has 0 N–H and O–H groups in total. The second-order valence-corrected chi connectivity index (χ2v) is 19.0. The van der Waals surface area contributed by atoms with Crippen molar-refractivity contribution in [2.45, 2.75) is 5.41 Å². The van der Waals surface area contributed by atoms with E-state index in [-0.39, 0.29) is 0 Å². The van der Waals surface area contributed by atoms with E-state index in [0.717, 1.165) is 0 Å². The lowest BCUT2D eigenvalue weighted by molar-refractivity contribution is 0.777. The van der Waals surface area contributed by atoms with E-state index in [1.165, 1.54) is 137 Å². The zero-order valence-electron chi connectivity index (χ0n) is 38.3. The zero-order valence-corrected chi connectivity index (χ0v) is 38.3. The minimum absolute atomic E-state index is 0.573. The fraction of sp³-hybridized carbons (Fsp3) is 0.0145. The third kappa shape index (κ3) is 5.38. The highest BCUT2D eigenvalue weighted by molar-refractivity contribution is 6.24. The Labute approximate surface area is 405 Å². The van der Waals surface area contributed by atoms with Crippen LogP contribution in [0.5, 0.6) is 0 Å². The molecule has 15 rings (SSSR count). The van der Waals surface area contributed by atoms with Gasteiger partial charge in [0.15, 0.2) is 0 Å². The third-order valence-corrected chi connectivity index (χ3v) is 15.6. The Hall–Kier alpha value is -9.04. The summed E-state index contributed by atoms with van der Waals surface area (Å²) < 4.78 is 2.40. The van der Waals surface area contributed by atoms with Gasteiger partial charge in [-0.15, -0.1) is 0 Å². The molecule has 0 radical (unpaired) electrons. The fourth-order valence-electron chi connectivity index (χ4n) is 12.8. The predicted octanol–water partition coefficient (Wildman–Crippen LogP) is 18.2. The average molecular weight is 886 g/mol. The number of para-hydroxylation sites is 2. The lowest BCUT2D eigenvalue weighted by atomic mass is 9.66. The number of nitrogens with zero attached hydrogens (tertiary/aromatic N) is 1. The molecular formula is C69H43N. The maximum atomic E-state index is 2.54. The SMILES string of the molecule is c1ccc(-n2c3ccccc3c3cc(-c4c5ccccc5c(-c5ccc6cc7c(cc6c5)C(c5ccccc5)(c5ccccc5)c5c-7c6ccccc6c6ccccc56)c5ccccc45)ccc32)cc1. The van der Waals surface area contributed by atoms with E-state index in [4.69, 9.17) is 0 Å². The van der Waals surface area contributed by atoms with Crippen molar-refractivity contribution in [2.24, 2.45) is 0 Å². The summed E-state index contributed by atoms with van der Waals surface area (Å²) in [5.41, 5.74) is 15.8. The Balaban J connectivity index is 0.992. The molecule has 0 amide bonds. The summed E-state index contributed by atoms with van der Waals surface area (Å²) >= 11 is 0. The van der Waals surface area contributed by atoms with Crippen molar-refractivity contribution in [1.82, 2.24) is 4.57 Å². The molecule has 1 heteroatoms. The third-order valence-electron chi connectivity index (χ3n) is 15.6. The van der Waals surface area contributed by atoms with Crippen molar-refractivity contribution in [1.29, 1.82) is 0 Å². The van der Waals surface area contributed by atoms with Crippen molar-refractivity contribution in [3.05, 3.63) is 283 Å². The lowest BCUT2D eigenvalue weighted by Crippen LogP contribution is -2.28. The van der Waals surface area contributed by atoms with Crippen molar-refractivity contribution < 1.29 is 0 Å². The van der Waals surface area contributed by atoms with E-state index in [1.54, 1.807) is 0 Å². The van der Waals surface area contributed by atoms with Gasteiger partial charge < -0.3 is 4.57 Å². The van der Waals surface area contributed by atoms with Crippen LogP contribution in [0.25, 0.3) is 115 Å². The summed E-state index contributed by atoms with van der Waals surface area (Å²) in [5, 5.41) is 15.1. The molecule has 1 aromatic heterocycles. The molecule has 0 saturated carbocycles. The molecule has 324 valence electrons. The van der Waals surface area contributed by atoms with Crippen molar-refractivity contribution in [3.63, 3.8) is 0 Å². The number of benzene rings is 13.